The maximum atomic E-state index is 13.4. The maximum absolute atomic E-state index is 13.4. The first kappa shape index (κ1) is 24.9. The molecule has 0 unspecified atom stereocenters. The Bertz CT molecular complexity index is 1440. The number of morpholine rings is 1. The smallest absolute Gasteiger partial charge is 0.378 e. The number of nitro groups is 1. The van der Waals surface area contributed by atoms with E-state index in [9.17, 15) is 33.3 Å². The van der Waals surface area contributed by atoms with E-state index in [2.05, 4.69) is 10.3 Å². The minimum atomic E-state index is -4.77. The predicted octanol–water partition coefficient (Wildman–Crippen LogP) is 3.74. The highest BCUT2D eigenvalue weighted by Gasteiger charge is 2.33. The number of anilines is 2. The summed E-state index contributed by atoms with van der Waals surface area (Å²) in [5, 5.41) is 24.2. The van der Waals surface area contributed by atoms with E-state index in [1.807, 2.05) is 11.0 Å². The number of nitrogens with zero attached hydrogens (tertiary/aromatic N) is 5. The molecule has 0 aliphatic carbocycles. The topological polar surface area (TPSA) is 126 Å². The van der Waals surface area contributed by atoms with E-state index in [-0.39, 0.29) is 22.5 Å². The molecule has 1 atom stereocenters. The first-order chi connectivity index (χ1) is 17.0. The Morgan fingerprint density at radius 2 is 1.94 bits per heavy atom. The minimum Gasteiger partial charge on any atom is -0.378 e. The van der Waals surface area contributed by atoms with E-state index in [1.54, 1.807) is 6.07 Å². The number of nitro benzene ring substituents is 1. The third-order valence-electron chi connectivity index (χ3n) is 6.03. The highest BCUT2D eigenvalue weighted by molar-refractivity contribution is 5.95. The molecule has 188 valence electrons. The molecule has 1 aliphatic heterocycles. The second-order valence-corrected chi connectivity index (χ2v) is 8.32. The summed E-state index contributed by atoms with van der Waals surface area (Å²) in [7, 11) is 1.53. The number of aromatic nitrogens is 2. The van der Waals surface area contributed by atoms with Crippen LogP contribution in [0.5, 0.6) is 0 Å². The molecule has 0 amide bonds. The number of fused-ring (bicyclic) bond motifs is 1. The Morgan fingerprint density at radius 1 is 1.25 bits per heavy atom. The van der Waals surface area contributed by atoms with Crippen LogP contribution in [-0.2, 0) is 18.0 Å². The molecule has 4 rings (SSSR count). The van der Waals surface area contributed by atoms with Crippen LogP contribution in [0.15, 0.2) is 35.3 Å². The van der Waals surface area contributed by atoms with Gasteiger partial charge in [0.25, 0.3) is 11.2 Å². The van der Waals surface area contributed by atoms with Crippen molar-refractivity contribution < 1.29 is 22.8 Å². The van der Waals surface area contributed by atoms with E-state index in [1.165, 1.54) is 24.7 Å². The Morgan fingerprint density at radius 3 is 2.56 bits per heavy atom. The number of non-ortho nitro benzene ring substituents is 1. The van der Waals surface area contributed by atoms with Crippen LogP contribution in [-0.4, -0.2) is 40.8 Å². The Balaban J connectivity index is 1.83. The fourth-order valence-electron chi connectivity index (χ4n) is 4.16. The Labute approximate surface area is 202 Å². The van der Waals surface area contributed by atoms with Gasteiger partial charge >= 0.3 is 6.18 Å². The number of ether oxygens (including phenoxy) is 1. The van der Waals surface area contributed by atoms with E-state index < -0.39 is 28.4 Å². The highest BCUT2D eigenvalue weighted by atomic mass is 19.4. The van der Waals surface area contributed by atoms with E-state index in [0.717, 1.165) is 12.1 Å². The van der Waals surface area contributed by atoms with Gasteiger partial charge in [0.1, 0.15) is 17.6 Å². The zero-order chi connectivity index (χ0) is 26.2. The summed E-state index contributed by atoms with van der Waals surface area (Å²) in [6.45, 7) is 3.39. The summed E-state index contributed by atoms with van der Waals surface area (Å²) in [6, 6.07) is 5.16. The molecule has 1 fully saturated rings. The van der Waals surface area contributed by atoms with Gasteiger partial charge in [-0.1, -0.05) is 0 Å². The van der Waals surface area contributed by atoms with Crippen molar-refractivity contribution >= 4 is 28.1 Å². The molecule has 1 saturated heterocycles. The van der Waals surface area contributed by atoms with Crippen LogP contribution in [0.1, 0.15) is 29.7 Å². The number of hydrogen-bond donors (Lipinski definition) is 1. The van der Waals surface area contributed by atoms with Gasteiger partial charge in [0, 0.05) is 43.9 Å². The zero-order valence-electron chi connectivity index (χ0n) is 19.3. The molecule has 36 heavy (non-hydrogen) atoms. The lowest BCUT2D eigenvalue weighted by molar-refractivity contribution is -0.385. The molecule has 0 saturated carbocycles. The molecule has 3 heterocycles. The summed E-state index contributed by atoms with van der Waals surface area (Å²) in [5.74, 6) is 0.210. The number of halogens is 3. The molecule has 1 aliphatic rings. The average Bonchev–Trinajstić information content (AvgIpc) is 2.85. The van der Waals surface area contributed by atoms with Gasteiger partial charge in [-0.2, -0.15) is 18.4 Å². The number of benzene rings is 1. The maximum Gasteiger partial charge on any atom is 0.416 e. The second kappa shape index (κ2) is 9.46. The largest absolute Gasteiger partial charge is 0.416 e. The quantitative estimate of drug-likeness (QED) is 0.413. The van der Waals surface area contributed by atoms with Gasteiger partial charge < -0.3 is 19.5 Å². The van der Waals surface area contributed by atoms with Gasteiger partial charge in [-0.05, 0) is 24.6 Å². The molecule has 1 N–H and O–H groups in total. The van der Waals surface area contributed by atoms with Crippen molar-refractivity contribution in [2.24, 2.45) is 7.05 Å². The number of nitriles is 1. The lowest BCUT2D eigenvalue weighted by atomic mass is 10.0. The fraction of sp³-hybridized carbons (Fsp3) is 0.348. The van der Waals surface area contributed by atoms with Crippen LogP contribution in [0.2, 0.25) is 0 Å². The molecule has 0 radical (unpaired) electrons. The monoisotopic (exact) mass is 502 g/mol. The van der Waals surface area contributed by atoms with Crippen molar-refractivity contribution in [1.29, 1.82) is 5.26 Å². The number of alkyl halides is 3. The number of nitrogens with one attached hydrogen (secondary N) is 1. The van der Waals surface area contributed by atoms with Crippen LogP contribution >= 0.6 is 0 Å². The van der Waals surface area contributed by atoms with Gasteiger partial charge in [-0.25, -0.2) is 4.98 Å². The van der Waals surface area contributed by atoms with Crippen molar-refractivity contribution in [1.82, 2.24) is 9.55 Å². The van der Waals surface area contributed by atoms with Crippen molar-refractivity contribution in [3.63, 3.8) is 0 Å². The molecule has 3 aromatic rings. The average molecular weight is 502 g/mol. The lowest BCUT2D eigenvalue weighted by Crippen LogP contribution is -2.40. The molecule has 0 bridgehead atoms. The number of aryl methyl sites for hydroxylation is 1. The summed E-state index contributed by atoms with van der Waals surface area (Å²) in [5.41, 5.74) is -1.31. The van der Waals surface area contributed by atoms with Gasteiger partial charge in [-0.15, -0.1) is 0 Å². The summed E-state index contributed by atoms with van der Waals surface area (Å²) < 4.78 is 46.8. The van der Waals surface area contributed by atoms with Crippen LogP contribution in [0, 0.1) is 21.4 Å². The Kier molecular flexibility index (Phi) is 6.55. The summed E-state index contributed by atoms with van der Waals surface area (Å²) in [4.78, 5) is 29.6. The van der Waals surface area contributed by atoms with E-state index >= 15 is 0 Å². The number of pyridine rings is 2. The lowest BCUT2D eigenvalue weighted by Gasteiger charge is -2.29. The van der Waals surface area contributed by atoms with Gasteiger partial charge in [0.2, 0.25) is 0 Å². The van der Waals surface area contributed by atoms with Crippen LogP contribution in [0.4, 0.5) is 30.4 Å². The van der Waals surface area contributed by atoms with Crippen molar-refractivity contribution in [3.8, 4) is 6.07 Å². The van der Waals surface area contributed by atoms with Gasteiger partial charge in [0.05, 0.1) is 40.8 Å². The molecule has 1 aromatic carbocycles. The van der Waals surface area contributed by atoms with E-state index in [0.29, 0.717) is 49.0 Å². The van der Waals surface area contributed by atoms with Crippen molar-refractivity contribution in [3.05, 3.63) is 67.6 Å². The van der Waals surface area contributed by atoms with Crippen LogP contribution < -0.4 is 15.8 Å². The third-order valence-corrected chi connectivity index (χ3v) is 6.03. The number of hydrogen-bond acceptors (Lipinski definition) is 8. The molecular weight excluding hydrogens is 481 g/mol. The molecule has 13 heteroatoms. The first-order valence-electron chi connectivity index (χ1n) is 10.9. The first-order valence-corrected chi connectivity index (χ1v) is 10.9. The minimum absolute atomic E-state index is 0.0223. The predicted molar refractivity (Wildman–Crippen MR) is 125 cm³/mol. The molecule has 2 aromatic heterocycles. The van der Waals surface area contributed by atoms with Crippen molar-refractivity contribution in [2.75, 3.05) is 36.5 Å². The molecule has 0 spiro atoms. The third kappa shape index (κ3) is 4.67. The molecular formula is C23H21F3N6O4. The normalized spacial score (nSPS) is 14.9. The van der Waals surface area contributed by atoms with E-state index in [4.69, 9.17) is 4.74 Å². The van der Waals surface area contributed by atoms with Crippen LogP contribution in [0.25, 0.3) is 10.9 Å². The SMILES string of the molecule is C[C@@H](Nc1ncc(C#N)c2c1cc(N1CCOCC1)c(=O)n2C)c1cc([N+](=O)[O-])cc(C(F)(F)F)c1. The highest BCUT2D eigenvalue weighted by Crippen LogP contribution is 2.35. The van der Waals surface area contributed by atoms with Crippen LogP contribution in [0.3, 0.4) is 0 Å². The fourth-order valence-corrected chi connectivity index (χ4v) is 4.16. The Hall–Kier alpha value is -4.18. The number of rotatable bonds is 5. The van der Waals surface area contributed by atoms with Gasteiger partial charge in [0.15, 0.2) is 0 Å². The second-order valence-electron chi connectivity index (χ2n) is 8.32. The molecule has 10 nitrogen and oxygen atoms in total. The standard InChI is InChI=1S/C23H21F3N6O4/c1-13(14-7-16(23(24,25)26)9-17(8-14)32(34)35)29-21-18-10-19(31-3-5-36-6-4-31)22(33)30(2)20(18)15(11-27)12-28-21/h7-10,12-13H,3-6H2,1-2H3,(H,28,29)/t13-/m1/s1. The summed E-state index contributed by atoms with van der Waals surface area (Å²) >= 11 is 0. The van der Waals surface area contributed by atoms with Crippen molar-refractivity contribution in [2.45, 2.75) is 19.1 Å². The zero-order valence-corrected chi connectivity index (χ0v) is 19.3. The van der Waals surface area contributed by atoms with Gasteiger partial charge in [-0.3, -0.25) is 14.9 Å². The summed E-state index contributed by atoms with van der Waals surface area (Å²) in [6.07, 6.45) is -3.51.